The molecule has 2 heterocycles. The number of rotatable bonds is 7. The molecule has 1 aliphatic heterocycles. The number of carbonyl (C=O) groups excluding carboxylic acids is 1. The molecule has 1 saturated heterocycles. The van der Waals surface area contributed by atoms with Crippen LogP contribution >= 0.6 is 11.3 Å². The van der Waals surface area contributed by atoms with Gasteiger partial charge in [0.25, 0.3) is 0 Å². The lowest BCUT2D eigenvalue weighted by molar-refractivity contribution is 0.0168. The van der Waals surface area contributed by atoms with Crippen LogP contribution in [0.2, 0.25) is 0 Å². The zero-order chi connectivity index (χ0) is 13.3. The van der Waals surface area contributed by atoms with E-state index < -0.39 is 0 Å². The summed E-state index contributed by atoms with van der Waals surface area (Å²) in [5.41, 5.74) is 0. The predicted octanol–water partition coefficient (Wildman–Crippen LogP) is 1.85. The number of thiazole rings is 1. The summed E-state index contributed by atoms with van der Waals surface area (Å²) in [6.07, 6.45) is 4.93. The van der Waals surface area contributed by atoms with E-state index >= 15 is 0 Å². The van der Waals surface area contributed by atoms with Crippen molar-refractivity contribution in [1.82, 2.24) is 10.3 Å². The lowest BCUT2D eigenvalue weighted by Gasteiger charge is -2.10. The van der Waals surface area contributed by atoms with E-state index in [1.54, 1.807) is 6.20 Å². The SMILES string of the molecule is O=C(NCCCOCC1CCCO1)Nc1nccs1. The highest BCUT2D eigenvalue weighted by Gasteiger charge is 2.14. The Morgan fingerprint density at radius 3 is 3.32 bits per heavy atom. The van der Waals surface area contributed by atoms with E-state index in [2.05, 4.69) is 15.6 Å². The first-order valence-electron chi connectivity index (χ1n) is 6.48. The zero-order valence-corrected chi connectivity index (χ0v) is 11.6. The molecule has 19 heavy (non-hydrogen) atoms. The Bertz CT molecular complexity index is 366. The normalized spacial score (nSPS) is 18.4. The first-order chi connectivity index (χ1) is 9.34. The quantitative estimate of drug-likeness (QED) is 0.750. The minimum absolute atomic E-state index is 0.228. The topological polar surface area (TPSA) is 72.5 Å². The Balaban J connectivity index is 1.44. The Morgan fingerprint density at radius 2 is 2.58 bits per heavy atom. The van der Waals surface area contributed by atoms with Gasteiger partial charge in [0.1, 0.15) is 0 Å². The Kier molecular flexibility index (Phi) is 6.06. The fourth-order valence-electron chi connectivity index (χ4n) is 1.79. The number of urea groups is 1. The monoisotopic (exact) mass is 285 g/mol. The smallest absolute Gasteiger partial charge is 0.321 e. The van der Waals surface area contributed by atoms with Gasteiger partial charge < -0.3 is 14.8 Å². The van der Waals surface area contributed by atoms with Crippen molar-refractivity contribution in [1.29, 1.82) is 0 Å². The molecule has 1 aliphatic rings. The molecule has 0 aliphatic carbocycles. The van der Waals surface area contributed by atoms with Gasteiger partial charge in [0.2, 0.25) is 0 Å². The summed E-state index contributed by atoms with van der Waals surface area (Å²) < 4.78 is 10.9. The van der Waals surface area contributed by atoms with Crippen LogP contribution in [0.15, 0.2) is 11.6 Å². The number of amides is 2. The third-order valence-electron chi connectivity index (χ3n) is 2.73. The summed E-state index contributed by atoms with van der Waals surface area (Å²) in [6.45, 7) is 2.73. The molecule has 0 saturated carbocycles. The molecule has 2 N–H and O–H groups in total. The van der Waals surface area contributed by atoms with Gasteiger partial charge in [-0.2, -0.15) is 0 Å². The standard InChI is InChI=1S/C12H19N3O3S/c16-11(15-12-14-5-8-19-12)13-4-2-6-17-9-10-3-1-7-18-10/h5,8,10H,1-4,6-7,9H2,(H2,13,14,15,16). The van der Waals surface area contributed by atoms with Crippen LogP contribution in [0.1, 0.15) is 19.3 Å². The molecular formula is C12H19N3O3S. The Hall–Kier alpha value is -1.18. The fraction of sp³-hybridized carbons (Fsp3) is 0.667. The molecule has 106 valence electrons. The third kappa shape index (κ3) is 5.54. The molecule has 2 rings (SSSR count). The zero-order valence-electron chi connectivity index (χ0n) is 10.8. The van der Waals surface area contributed by atoms with Crippen molar-refractivity contribution in [3.63, 3.8) is 0 Å². The van der Waals surface area contributed by atoms with Crippen LogP contribution in [-0.2, 0) is 9.47 Å². The second-order valence-corrected chi connectivity index (χ2v) is 5.18. The van der Waals surface area contributed by atoms with E-state index in [-0.39, 0.29) is 12.1 Å². The van der Waals surface area contributed by atoms with Crippen molar-refractivity contribution in [3.8, 4) is 0 Å². The number of hydrogen-bond donors (Lipinski definition) is 2. The van der Waals surface area contributed by atoms with Crippen LogP contribution in [0.3, 0.4) is 0 Å². The first-order valence-corrected chi connectivity index (χ1v) is 7.36. The summed E-state index contributed by atoms with van der Waals surface area (Å²) >= 11 is 1.39. The average Bonchev–Trinajstić information content (AvgIpc) is 3.06. The highest BCUT2D eigenvalue weighted by molar-refractivity contribution is 7.13. The van der Waals surface area contributed by atoms with Gasteiger partial charge in [-0.1, -0.05) is 0 Å². The summed E-state index contributed by atoms with van der Waals surface area (Å²) in [4.78, 5) is 15.4. The van der Waals surface area contributed by atoms with E-state index in [0.717, 1.165) is 25.9 Å². The van der Waals surface area contributed by atoms with Crippen LogP contribution in [0.25, 0.3) is 0 Å². The van der Waals surface area contributed by atoms with E-state index in [1.165, 1.54) is 11.3 Å². The Labute approximate surface area is 116 Å². The highest BCUT2D eigenvalue weighted by atomic mass is 32.1. The van der Waals surface area contributed by atoms with Crippen molar-refractivity contribution in [2.75, 3.05) is 31.7 Å². The van der Waals surface area contributed by atoms with Gasteiger partial charge >= 0.3 is 6.03 Å². The van der Waals surface area contributed by atoms with Crippen molar-refractivity contribution in [2.45, 2.75) is 25.4 Å². The predicted molar refractivity (Wildman–Crippen MR) is 73.5 cm³/mol. The van der Waals surface area contributed by atoms with Crippen LogP contribution in [0.5, 0.6) is 0 Å². The van der Waals surface area contributed by atoms with E-state index in [4.69, 9.17) is 9.47 Å². The maximum Gasteiger partial charge on any atom is 0.321 e. The second kappa shape index (κ2) is 8.08. The third-order valence-corrected chi connectivity index (χ3v) is 3.42. The summed E-state index contributed by atoms with van der Waals surface area (Å²) in [6, 6.07) is -0.228. The minimum atomic E-state index is -0.228. The number of carbonyl (C=O) groups is 1. The molecule has 0 aromatic carbocycles. The summed E-state index contributed by atoms with van der Waals surface area (Å²) in [7, 11) is 0. The van der Waals surface area contributed by atoms with Crippen LogP contribution in [0, 0.1) is 0 Å². The number of hydrogen-bond acceptors (Lipinski definition) is 5. The maximum atomic E-state index is 11.4. The molecular weight excluding hydrogens is 266 g/mol. The molecule has 1 unspecified atom stereocenters. The minimum Gasteiger partial charge on any atom is -0.379 e. The van der Waals surface area contributed by atoms with Gasteiger partial charge in [-0.05, 0) is 19.3 Å². The number of aromatic nitrogens is 1. The summed E-state index contributed by atoms with van der Waals surface area (Å²) in [5.74, 6) is 0. The molecule has 6 nitrogen and oxygen atoms in total. The largest absolute Gasteiger partial charge is 0.379 e. The van der Waals surface area contributed by atoms with Gasteiger partial charge in [-0.25, -0.2) is 9.78 Å². The van der Waals surface area contributed by atoms with Crippen molar-refractivity contribution in [2.24, 2.45) is 0 Å². The van der Waals surface area contributed by atoms with Crippen molar-refractivity contribution >= 4 is 22.5 Å². The number of nitrogens with one attached hydrogen (secondary N) is 2. The number of ether oxygens (including phenoxy) is 2. The fourth-order valence-corrected chi connectivity index (χ4v) is 2.32. The lowest BCUT2D eigenvalue weighted by Crippen LogP contribution is -2.30. The van der Waals surface area contributed by atoms with Crippen LogP contribution in [0.4, 0.5) is 9.93 Å². The first kappa shape index (κ1) is 14.2. The molecule has 1 fully saturated rings. The molecule has 0 spiro atoms. The molecule has 1 aromatic rings. The lowest BCUT2D eigenvalue weighted by atomic mass is 10.2. The van der Waals surface area contributed by atoms with Gasteiger partial charge in [-0.3, -0.25) is 5.32 Å². The number of anilines is 1. The van der Waals surface area contributed by atoms with Gasteiger partial charge in [0.15, 0.2) is 5.13 Å². The maximum absolute atomic E-state index is 11.4. The van der Waals surface area contributed by atoms with Gasteiger partial charge in [-0.15, -0.1) is 11.3 Å². The molecule has 0 bridgehead atoms. The molecule has 1 atom stereocenters. The highest BCUT2D eigenvalue weighted by Crippen LogP contribution is 2.12. The van der Waals surface area contributed by atoms with Crippen LogP contribution in [-0.4, -0.2) is 43.5 Å². The van der Waals surface area contributed by atoms with E-state index in [0.29, 0.717) is 24.9 Å². The van der Waals surface area contributed by atoms with E-state index in [9.17, 15) is 4.79 Å². The molecule has 0 radical (unpaired) electrons. The second-order valence-electron chi connectivity index (χ2n) is 4.28. The van der Waals surface area contributed by atoms with Crippen molar-refractivity contribution < 1.29 is 14.3 Å². The van der Waals surface area contributed by atoms with Crippen LogP contribution < -0.4 is 10.6 Å². The van der Waals surface area contributed by atoms with Gasteiger partial charge in [0.05, 0.1) is 12.7 Å². The molecule has 7 heteroatoms. The van der Waals surface area contributed by atoms with Crippen molar-refractivity contribution in [3.05, 3.63) is 11.6 Å². The summed E-state index contributed by atoms with van der Waals surface area (Å²) in [5, 5.41) is 7.83. The number of nitrogens with zero attached hydrogens (tertiary/aromatic N) is 1. The van der Waals surface area contributed by atoms with E-state index in [1.807, 2.05) is 5.38 Å². The average molecular weight is 285 g/mol. The molecule has 1 aromatic heterocycles. The molecule has 2 amide bonds. The Morgan fingerprint density at radius 1 is 1.63 bits per heavy atom. The van der Waals surface area contributed by atoms with Gasteiger partial charge in [0, 0.05) is 31.3 Å².